The first-order valence-corrected chi connectivity index (χ1v) is 5.51. The standard InChI is InChI=1S/C10H12ClN3O2/c11-8-3-4-9(14-13-8)12-10(15)7-2-1-5-16-6-7/h3-4,7H,1-2,5-6H2,(H,12,14,15). The lowest BCUT2D eigenvalue weighted by Crippen LogP contribution is -2.30. The normalized spacial score (nSPS) is 20.4. The summed E-state index contributed by atoms with van der Waals surface area (Å²) in [6, 6.07) is 3.21. The Labute approximate surface area is 98.2 Å². The van der Waals surface area contributed by atoms with Crippen LogP contribution in [0.1, 0.15) is 12.8 Å². The van der Waals surface area contributed by atoms with E-state index in [4.69, 9.17) is 16.3 Å². The van der Waals surface area contributed by atoms with E-state index in [0.717, 1.165) is 19.4 Å². The molecular formula is C10H12ClN3O2. The highest BCUT2D eigenvalue weighted by atomic mass is 35.5. The largest absolute Gasteiger partial charge is 0.381 e. The molecule has 0 bridgehead atoms. The summed E-state index contributed by atoms with van der Waals surface area (Å²) in [6.45, 7) is 1.22. The number of halogens is 1. The minimum Gasteiger partial charge on any atom is -0.381 e. The molecule has 6 heteroatoms. The fourth-order valence-electron chi connectivity index (χ4n) is 1.56. The molecule has 1 aromatic heterocycles. The number of nitrogens with one attached hydrogen (secondary N) is 1. The van der Waals surface area contributed by atoms with Gasteiger partial charge in [0.2, 0.25) is 5.91 Å². The Morgan fingerprint density at radius 2 is 2.38 bits per heavy atom. The Morgan fingerprint density at radius 1 is 1.50 bits per heavy atom. The van der Waals surface area contributed by atoms with Crippen molar-refractivity contribution in [2.75, 3.05) is 18.5 Å². The quantitative estimate of drug-likeness (QED) is 0.852. The maximum Gasteiger partial charge on any atom is 0.231 e. The van der Waals surface area contributed by atoms with Gasteiger partial charge in [0, 0.05) is 6.61 Å². The molecule has 0 saturated carbocycles. The van der Waals surface area contributed by atoms with E-state index in [1.165, 1.54) is 0 Å². The SMILES string of the molecule is O=C(Nc1ccc(Cl)nn1)C1CCCOC1. The van der Waals surface area contributed by atoms with Crippen LogP contribution in [0.15, 0.2) is 12.1 Å². The van der Waals surface area contributed by atoms with Crippen molar-refractivity contribution < 1.29 is 9.53 Å². The van der Waals surface area contributed by atoms with Gasteiger partial charge in [-0.1, -0.05) is 11.6 Å². The number of hydrogen-bond donors (Lipinski definition) is 1. The third kappa shape index (κ3) is 2.90. The highest BCUT2D eigenvalue weighted by Gasteiger charge is 2.21. The van der Waals surface area contributed by atoms with E-state index in [1.807, 2.05) is 0 Å². The first-order chi connectivity index (χ1) is 7.75. The summed E-state index contributed by atoms with van der Waals surface area (Å²) >= 11 is 5.59. The predicted molar refractivity (Wildman–Crippen MR) is 59.2 cm³/mol. The maximum atomic E-state index is 11.8. The lowest BCUT2D eigenvalue weighted by molar-refractivity contribution is -0.123. The van der Waals surface area contributed by atoms with Gasteiger partial charge in [-0.15, -0.1) is 10.2 Å². The van der Waals surface area contributed by atoms with Crippen LogP contribution in [0, 0.1) is 5.92 Å². The molecule has 2 rings (SSSR count). The van der Waals surface area contributed by atoms with E-state index in [-0.39, 0.29) is 11.8 Å². The number of aromatic nitrogens is 2. The van der Waals surface area contributed by atoms with Gasteiger partial charge in [0.1, 0.15) is 0 Å². The minimum atomic E-state index is -0.0915. The lowest BCUT2D eigenvalue weighted by atomic mass is 10.0. The second-order valence-electron chi connectivity index (χ2n) is 3.64. The molecular weight excluding hydrogens is 230 g/mol. The average Bonchev–Trinajstić information content (AvgIpc) is 2.33. The van der Waals surface area contributed by atoms with Crippen LogP contribution in [-0.4, -0.2) is 29.3 Å². The van der Waals surface area contributed by atoms with E-state index in [2.05, 4.69) is 15.5 Å². The smallest absolute Gasteiger partial charge is 0.231 e. The summed E-state index contributed by atoms with van der Waals surface area (Å²) in [5.74, 6) is 0.252. The van der Waals surface area contributed by atoms with Crippen molar-refractivity contribution in [2.45, 2.75) is 12.8 Å². The van der Waals surface area contributed by atoms with Crippen molar-refractivity contribution >= 4 is 23.3 Å². The number of anilines is 1. The van der Waals surface area contributed by atoms with Crippen LogP contribution < -0.4 is 5.32 Å². The molecule has 1 amide bonds. The van der Waals surface area contributed by atoms with Crippen molar-refractivity contribution in [3.05, 3.63) is 17.3 Å². The highest BCUT2D eigenvalue weighted by Crippen LogP contribution is 2.15. The van der Waals surface area contributed by atoms with Crippen molar-refractivity contribution in [3.8, 4) is 0 Å². The fraction of sp³-hybridized carbons (Fsp3) is 0.500. The van der Waals surface area contributed by atoms with Crippen LogP contribution >= 0.6 is 11.6 Å². The Balaban J connectivity index is 1.93. The molecule has 1 fully saturated rings. The third-order valence-corrected chi connectivity index (χ3v) is 2.62. The third-order valence-electron chi connectivity index (χ3n) is 2.41. The first-order valence-electron chi connectivity index (χ1n) is 5.13. The van der Waals surface area contributed by atoms with Gasteiger partial charge in [-0.2, -0.15) is 0 Å². The van der Waals surface area contributed by atoms with Crippen LogP contribution in [0.25, 0.3) is 0 Å². The van der Waals surface area contributed by atoms with Crippen molar-refractivity contribution in [1.29, 1.82) is 0 Å². The van der Waals surface area contributed by atoms with Gasteiger partial charge in [-0.05, 0) is 25.0 Å². The van der Waals surface area contributed by atoms with Gasteiger partial charge < -0.3 is 10.1 Å². The second kappa shape index (κ2) is 5.23. The molecule has 0 spiro atoms. The molecule has 1 aliphatic heterocycles. The lowest BCUT2D eigenvalue weighted by Gasteiger charge is -2.20. The molecule has 0 aromatic carbocycles. The summed E-state index contributed by atoms with van der Waals surface area (Å²) in [6.07, 6.45) is 1.78. The highest BCUT2D eigenvalue weighted by molar-refractivity contribution is 6.29. The monoisotopic (exact) mass is 241 g/mol. The van der Waals surface area contributed by atoms with Crippen LogP contribution in [-0.2, 0) is 9.53 Å². The van der Waals surface area contributed by atoms with Crippen LogP contribution in [0.2, 0.25) is 5.15 Å². The Hall–Kier alpha value is -1.20. The average molecular weight is 242 g/mol. The van der Waals surface area contributed by atoms with Gasteiger partial charge in [-0.25, -0.2) is 0 Å². The van der Waals surface area contributed by atoms with Gasteiger partial charge >= 0.3 is 0 Å². The first kappa shape index (κ1) is 11.3. The molecule has 86 valence electrons. The second-order valence-corrected chi connectivity index (χ2v) is 4.03. The number of rotatable bonds is 2. The molecule has 1 unspecified atom stereocenters. The van der Waals surface area contributed by atoms with E-state index in [9.17, 15) is 4.79 Å². The zero-order valence-electron chi connectivity index (χ0n) is 8.65. The molecule has 16 heavy (non-hydrogen) atoms. The molecule has 1 aliphatic rings. The summed E-state index contributed by atoms with van der Waals surface area (Å²) in [4.78, 5) is 11.8. The molecule has 5 nitrogen and oxygen atoms in total. The van der Waals surface area contributed by atoms with Crippen molar-refractivity contribution in [3.63, 3.8) is 0 Å². The Kier molecular flexibility index (Phi) is 3.69. The van der Waals surface area contributed by atoms with Crippen LogP contribution in [0.4, 0.5) is 5.82 Å². The summed E-state index contributed by atoms with van der Waals surface area (Å²) in [5, 5.41) is 10.4. The van der Waals surface area contributed by atoms with Gasteiger partial charge in [0.25, 0.3) is 0 Å². The molecule has 1 atom stereocenters. The summed E-state index contributed by atoms with van der Waals surface area (Å²) in [5.41, 5.74) is 0. The van der Waals surface area contributed by atoms with Gasteiger partial charge in [-0.3, -0.25) is 4.79 Å². The molecule has 1 N–H and O–H groups in total. The van der Waals surface area contributed by atoms with E-state index < -0.39 is 0 Å². The molecule has 1 saturated heterocycles. The zero-order chi connectivity index (χ0) is 11.4. The van der Waals surface area contributed by atoms with Crippen molar-refractivity contribution in [1.82, 2.24) is 10.2 Å². The number of amides is 1. The minimum absolute atomic E-state index is 0.0728. The number of hydrogen-bond acceptors (Lipinski definition) is 4. The summed E-state index contributed by atoms with van der Waals surface area (Å²) in [7, 11) is 0. The molecule has 2 heterocycles. The zero-order valence-corrected chi connectivity index (χ0v) is 9.41. The van der Waals surface area contributed by atoms with Crippen LogP contribution in [0.3, 0.4) is 0 Å². The Bertz CT molecular complexity index is 363. The predicted octanol–water partition coefficient (Wildman–Crippen LogP) is 1.50. The Morgan fingerprint density at radius 3 is 3.00 bits per heavy atom. The number of ether oxygens (including phenoxy) is 1. The van der Waals surface area contributed by atoms with Crippen molar-refractivity contribution in [2.24, 2.45) is 5.92 Å². The topological polar surface area (TPSA) is 64.1 Å². The van der Waals surface area contributed by atoms with Gasteiger partial charge in [0.15, 0.2) is 11.0 Å². The van der Waals surface area contributed by atoms with E-state index >= 15 is 0 Å². The molecule has 0 aliphatic carbocycles. The van der Waals surface area contributed by atoms with Crippen LogP contribution in [0.5, 0.6) is 0 Å². The van der Waals surface area contributed by atoms with E-state index in [1.54, 1.807) is 12.1 Å². The maximum absolute atomic E-state index is 11.8. The molecule has 1 aromatic rings. The molecule has 0 radical (unpaired) electrons. The summed E-state index contributed by atoms with van der Waals surface area (Å²) < 4.78 is 5.24. The number of carbonyl (C=O) groups excluding carboxylic acids is 1. The van der Waals surface area contributed by atoms with Gasteiger partial charge in [0.05, 0.1) is 12.5 Å². The fourth-order valence-corrected chi connectivity index (χ4v) is 1.66. The number of carbonyl (C=O) groups is 1. The number of nitrogens with zero attached hydrogens (tertiary/aromatic N) is 2. The van der Waals surface area contributed by atoms with E-state index in [0.29, 0.717) is 17.6 Å².